The van der Waals surface area contributed by atoms with E-state index >= 15 is 0 Å². The molecule has 0 aromatic carbocycles. The van der Waals surface area contributed by atoms with Crippen molar-refractivity contribution in [3.63, 3.8) is 0 Å². The van der Waals surface area contributed by atoms with Crippen molar-refractivity contribution < 1.29 is 9.18 Å². The van der Waals surface area contributed by atoms with Gasteiger partial charge in [-0.3, -0.25) is 9.78 Å². The zero-order chi connectivity index (χ0) is 12.4. The summed E-state index contributed by atoms with van der Waals surface area (Å²) in [6.45, 7) is 3.50. The lowest BCUT2D eigenvalue weighted by atomic mass is 9.99. The normalized spacial score (nSPS) is 24.8. The molecule has 1 aliphatic heterocycles. The van der Waals surface area contributed by atoms with E-state index in [-0.39, 0.29) is 5.91 Å². The Bertz CT molecular complexity index is 427. The second kappa shape index (κ2) is 5.12. The topological polar surface area (TPSA) is 33.2 Å². The van der Waals surface area contributed by atoms with Gasteiger partial charge in [0.2, 0.25) is 0 Å². The van der Waals surface area contributed by atoms with Crippen LogP contribution in [0.4, 0.5) is 4.39 Å². The molecule has 1 aromatic rings. The molecular formula is C12H14BrFN2O. The Morgan fingerprint density at radius 2 is 2.35 bits per heavy atom. The number of nitrogens with zero attached hydrogens (tertiary/aromatic N) is 2. The van der Waals surface area contributed by atoms with E-state index in [9.17, 15) is 9.18 Å². The van der Waals surface area contributed by atoms with Gasteiger partial charge in [0.1, 0.15) is 5.82 Å². The Morgan fingerprint density at radius 1 is 1.59 bits per heavy atom. The van der Waals surface area contributed by atoms with Crippen molar-refractivity contribution in [3.8, 4) is 0 Å². The van der Waals surface area contributed by atoms with E-state index in [1.54, 1.807) is 4.90 Å². The molecule has 0 spiro atoms. The van der Waals surface area contributed by atoms with E-state index in [0.29, 0.717) is 29.4 Å². The molecule has 1 saturated heterocycles. The van der Waals surface area contributed by atoms with E-state index in [1.807, 2.05) is 0 Å². The summed E-state index contributed by atoms with van der Waals surface area (Å²) >= 11 is 3.59. The van der Waals surface area contributed by atoms with E-state index in [2.05, 4.69) is 27.8 Å². The number of carbonyl (C=O) groups excluding carboxylic acids is 1. The molecule has 1 aromatic heterocycles. The number of carbonyl (C=O) groups is 1. The number of halogens is 2. The third-order valence-electron chi connectivity index (χ3n) is 3.04. The van der Waals surface area contributed by atoms with Crippen LogP contribution in [0.3, 0.4) is 0 Å². The van der Waals surface area contributed by atoms with Gasteiger partial charge in [0, 0.05) is 24.1 Å². The number of rotatable bonds is 1. The maximum atomic E-state index is 13.0. The summed E-state index contributed by atoms with van der Waals surface area (Å²) in [6.07, 6.45) is 3.44. The molecule has 1 fully saturated rings. The van der Waals surface area contributed by atoms with Crippen molar-refractivity contribution in [1.82, 2.24) is 9.88 Å². The predicted octanol–water partition coefficient (Wildman–Crippen LogP) is 2.47. The van der Waals surface area contributed by atoms with E-state index < -0.39 is 5.82 Å². The Balaban J connectivity index is 2.10. The lowest BCUT2D eigenvalue weighted by molar-refractivity contribution is 0.0689. The SMILES string of the molecule is CC1CN(C(=O)c2cncc(F)c2)CCC1Br. The summed E-state index contributed by atoms with van der Waals surface area (Å²) in [4.78, 5) is 18.0. The lowest BCUT2D eigenvalue weighted by Gasteiger charge is -2.34. The highest BCUT2D eigenvalue weighted by atomic mass is 79.9. The Hall–Kier alpha value is -0.970. The number of hydrogen-bond acceptors (Lipinski definition) is 2. The predicted molar refractivity (Wildman–Crippen MR) is 66.6 cm³/mol. The van der Waals surface area contributed by atoms with Crippen LogP contribution in [0.15, 0.2) is 18.5 Å². The summed E-state index contributed by atoms with van der Waals surface area (Å²) in [6, 6.07) is 1.24. The number of likely N-dealkylation sites (tertiary alicyclic amines) is 1. The summed E-state index contributed by atoms with van der Waals surface area (Å²) in [5, 5.41) is 0. The van der Waals surface area contributed by atoms with Crippen LogP contribution in [0.1, 0.15) is 23.7 Å². The van der Waals surface area contributed by atoms with Crippen LogP contribution in [-0.4, -0.2) is 33.7 Å². The van der Waals surface area contributed by atoms with Crippen molar-refractivity contribution in [2.75, 3.05) is 13.1 Å². The van der Waals surface area contributed by atoms with E-state index in [4.69, 9.17) is 0 Å². The average Bonchev–Trinajstić information content (AvgIpc) is 2.32. The molecule has 0 N–H and O–H groups in total. The monoisotopic (exact) mass is 300 g/mol. The maximum absolute atomic E-state index is 13.0. The first-order valence-corrected chi connectivity index (χ1v) is 6.53. The van der Waals surface area contributed by atoms with Crippen LogP contribution in [0.25, 0.3) is 0 Å². The number of piperidine rings is 1. The molecule has 2 unspecified atom stereocenters. The molecule has 1 aliphatic rings. The molecule has 0 saturated carbocycles. The largest absolute Gasteiger partial charge is 0.338 e. The molecule has 0 bridgehead atoms. The third-order valence-corrected chi connectivity index (χ3v) is 4.40. The standard InChI is InChI=1S/C12H14BrFN2O/c1-8-7-16(3-2-11(8)13)12(17)9-4-10(14)6-15-5-9/h4-6,8,11H,2-3,7H2,1H3. The van der Waals surface area contributed by atoms with Crippen LogP contribution in [0, 0.1) is 11.7 Å². The van der Waals surface area contributed by atoms with Crippen LogP contribution in [-0.2, 0) is 0 Å². The van der Waals surface area contributed by atoms with Gasteiger partial charge in [-0.15, -0.1) is 0 Å². The number of hydrogen-bond donors (Lipinski definition) is 0. The van der Waals surface area contributed by atoms with Gasteiger partial charge in [-0.25, -0.2) is 4.39 Å². The van der Waals surface area contributed by atoms with E-state index in [1.165, 1.54) is 12.3 Å². The number of alkyl halides is 1. The average molecular weight is 301 g/mol. The molecule has 17 heavy (non-hydrogen) atoms. The van der Waals surface area contributed by atoms with Crippen LogP contribution in [0.2, 0.25) is 0 Å². The first kappa shape index (κ1) is 12.5. The molecule has 2 rings (SSSR count). The van der Waals surface area contributed by atoms with Gasteiger partial charge in [-0.1, -0.05) is 22.9 Å². The molecule has 2 heterocycles. The molecular weight excluding hydrogens is 287 g/mol. The molecule has 0 aliphatic carbocycles. The van der Waals surface area contributed by atoms with Gasteiger partial charge in [-0.2, -0.15) is 0 Å². The molecule has 92 valence electrons. The van der Waals surface area contributed by atoms with Gasteiger partial charge in [-0.05, 0) is 18.4 Å². The van der Waals surface area contributed by atoms with Crippen molar-refractivity contribution in [2.45, 2.75) is 18.2 Å². The van der Waals surface area contributed by atoms with Crippen molar-refractivity contribution in [2.24, 2.45) is 5.92 Å². The number of amides is 1. The van der Waals surface area contributed by atoms with Crippen LogP contribution < -0.4 is 0 Å². The van der Waals surface area contributed by atoms with Gasteiger partial charge in [0.25, 0.3) is 5.91 Å². The lowest BCUT2D eigenvalue weighted by Crippen LogP contribution is -2.43. The fourth-order valence-corrected chi connectivity index (χ4v) is 2.38. The highest BCUT2D eigenvalue weighted by molar-refractivity contribution is 9.09. The van der Waals surface area contributed by atoms with E-state index in [0.717, 1.165) is 12.6 Å². The molecule has 2 atom stereocenters. The quantitative estimate of drug-likeness (QED) is 0.747. The highest BCUT2D eigenvalue weighted by Gasteiger charge is 2.27. The highest BCUT2D eigenvalue weighted by Crippen LogP contribution is 2.24. The van der Waals surface area contributed by atoms with Gasteiger partial charge >= 0.3 is 0 Å². The molecule has 5 heteroatoms. The minimum Gasteiger partial charge on any atom is -0.338 e. The fraction of sp³-hybridized carbons (Fsp3) is 0.500. The molecule has 0 radical (unpaired) electrons. The van der Waals surface area contributed by atoms with Crippen LogP contribution >= 0.6 is 15.9 Å². The molecule has 1 amide bonds. The summed E-state index contributed by atoms with van der Waals surface area (Å²) in [7, 11) is 0. The summed E-state index contributed by atoms with van der Waals surface area (Å²) in [5.74, 6) is -0.197. The second-order valence-corrected chi connectivity index (χ2v) is 5.60. The Kier molecular flexibility index (Phi) is 3.76. The van der Waals surface area contributed by atoms with Crippen molar-refractivity contribution in [3.05, 3.63) is 29.8 Å². The Labute approximate surface area is 108 Å². The fourth-order valence-electron chi connectivity index (χ4n) is 2.01. The number of pyridine rings is 1. The Morgan fingerprint density at radius 3 is 3.00 bits per heavy atom. The zero-order valence-electron chi connectivity index (χ0n) is 9.57. The first-order chi connectivity index (χ1) is 8.08. The van der Waals surface area contributed by atoms with Crippen molar-refractivity contribution in [1.29, 1.82) is 0 Å². The summed E-state index contributed by atoms with van der Waals surface area (Å²) in [5.41, 5.74) is 0.324. The minimum atomic E-state index is -0.473. The first-order valence-electron chi connectivity index (χ1n) is 5.62. The smallest absolute Gasteiger partial charge is 0.255 e. The van der Waals surface area contributed by atoms with Gasteiger partial charge < -0.3 is 4.90 Å². The number of aromatic nitrogens is 1. The third kappa shape index (κ3) is 2.83. The minimum absolute atomic E-state index is 0.136. The second-order valence-electron chi connectivity index (χ2n) is 4.42. The van der Waals surface area contributed by atoms with Gasteiger partial charge in [0.05, 0.1) is 11.8 Å². The van der Waals surface area contributed by atoms with Crippen LogP contribution in [0.5, 0.6) is 0 Å². The molecule has 3 nitrogen and oxygen atoms in total. The van der Waals surface area contributed by atoms with Gasteiger partial charge in [0.15, 0.2) is 0 Å². The summed E-state index contributed by atoms with van der Waals surface area (Å²) < 4.78 is 13.0. The zero-order valence-corrected chi connectivity index (χ0v) is 11.2. The van der Waals surface area contributed by atoms with Crippen molar-refractivity contribution >= 4 is 21.8 Å². The maximum Gasteiger partial charge on any atom is 0.255 e.